The third kappa shape index (κ3) is 3.88. The molecular formula is C22H18N2O3S. The van der Waals surface area contributed by atoms with E-state index < -0.39 is 10.0 Å². The first-order valence-corrected chi connectivity index (χ1v) is 10.3. The molecule has 0 radical (unpaired) electrons. The van der Waals surface area contributed by atoms with Crippen LogP contribution in [-0.2, 0) is 16.4 Å². The maximum absolute atomic E-state index is 11.5. The second kappa shape index (κ2) is 7.42. The van der Waals surface area contributed by atoms with Crippen LogP contribution in [0.1, 0.15) is 11.5 Å². The third-order valence-corrected chi connectivity index (χ3v) is 5.29. The molecule has 140 valence electrons. The van der Waals surface area contributed by atoms with Crippen LogP contribution in [0.25, 0.3) is 22.6 Å². The standard InChI is InChI=1S/C22H18N2O3S/c23-28(25,26)19-13-11-18(12-14-19)22-21(17-9-5-2-6-10-17)24-20(27-22)15-16-7-3-1-4-8-16/h1-14H,15H2,(H2,23,25,26). The van der Waals surface area contributed by atoms with Crippen LogP contribution in [-0.4, -0.2) is 13.4 Å². The first kappa shape index (κ1) is 18.2. The van der Waals surface area contributed by atoms with E-state index in [1.54, 1.807) is 12.1 Å². The van der Waals surface area contributed by atoms with Crippen molar-refractivity contribution in [1.29, 1.82) is 0 Å². The summed E-state index contributed by atoms with van der Waals surface area (Å²) in [4.78, 5) is 4.77. The van der Waals surface area contributed by atoms with Crippen LogP contribution in [0, 0.1) is 0 Å². The van der Waals surface area contributed by atoms with Gasteiger partial charge in [-0.1, -0.05) is 60.7 Å². The zero-order chi connectivity index (χ0) is 19.6. The summed E-state index contributed by atoms with van der Waals surface area (Å²) in [5.41, 5.74) is 3.48. The van der Waals surface area contributed by atoms with Gasteiger partial charge in [-0.25, -0.2) is 18.5 Å². The fraction of sp³-hybridized carbons (Fsp3) is 0.0455. The van der Waals surface area contributed by atoms with Gasteiger partial charge in [0.15, 0.2) is 11.7 Å². The molecule has 0 aliphatic carbocycles. The number of hydrogen-bond donors (Lipinski definition) is 1. The van der Waals surface area contributed by atoms with E-state index in [-0.39, 0.29) is 4.90 Å². The van der Waals surface area contributed by atoms with Crippen LogP contribution in [0.3, 0.4) is 0 Å². The predicted octanol–water partition coefficient (Wildman–Crippen LogP) is 4.25. The van der Waals surface area contributed by atoms with Crippen LogP contribution >= 0.6 is 0 Å². The minimum Gasteiger partial charge on any atom is -0.440 e. The van der Waals surface area contributed by atoms with Gasteiger partial charge in [-0.05, 0) is 29.8 Å². The monoisotopic (exact) mass is 390 g/mol. The molecule has 6 heteroatoms. The normalized spacial score (nSPS) is 11.5. The van der Waals surface area contributed by atoms with Gasteiger partial charge in [-0.3, -0.25) is 0 Å². The highest BCUT2D eigenvalue weighted by Crippen LogP contribution is 2.33. The Balaban J connectivity index is 1.78. The van der Waals surface area contributed by atoms with Crippen LogP contribution in [0.5, 0.6) is 0 Å². The van der Waals surface area contributed by atoms with Crippen molar-refractivity contribution in [2.45, 2.75) is 11.3 Å². The highest BCUT2D eigenvalue weighted by molar-refractivity contribution is 7.89. The van der Waals surface area contributed by atoms with Gasteiger partial charge in [-0.2, -0.15) is 0 Å². The van der Waals surface area contributed by atoms with E-state index in [9.17, 15) is 8.42 Å². The van der Waals surface area contributed by atoms with E-state index in [4.69, 9.17) is 14.5 Å². The van der Waals surface area contributed by atoms with Crippen molar-refractivity contribution in [1.82, 2.24) is 4.98 Å². The molecule has 0 unspecified atom stereocenters. The Kier molecular flexibility index (Phi) is 4.81. The number of nitrogens with zero attached hydrogens (tertiary/aromatic N) is 1. The molecule has 3 aromatic carbocycles. The highest BCUT2D eigenvalue weighted by Gasteiger charge is 2.18. The van der Waals surface area contributed by atoms with Crippen LogP contribution in [0.2, 0.25) is 0 Å². The lowest BCUT2D eigenvalue weighted by Crippen LogP contribution is -2.11. The van der Waals surface area contributed by atoms with Gasteiger partial charge in [0.05, 0.1) is 4.90 Å². The lowest BCUT2D eigenvalue weighted by molar-refractivity contribution is 0.519. The van der Waals surface area contributed by atoms with Crippen molar-refractivity contribution >= 4 is 10.0 Å². The Labute approximate surface area is 163 Å². The molecule has 2 N–H and O–H groups in total. The number of aromatic nitrogens is 1. The van der Waals surface area contributed by atoms with Crippen molar-refractivity contribution in [3.05, 3.63) is 96.4 Å². The van der Waals surface area contributed by atoms with Gasteiger partial charge in [0, 0.05) is 17.5 Å². The summed E-state index contributed by atoms with van der Waals surface area (Å²) in [5.74, 6) is 1.19. The van der Waals surface area contributed by atoms with E-state index in [0.717, 1.165) is 22.4 Å². The molecule has 0 aliphatic heterocycles. The number of rotatable bonds is 5. The van der Waals surface area contributed by atoms with Crippen molar-refractivity contribution < 1.29 is 12.8 Å². The topological polar surface area (TPSA) is 86.2 Å². The van der Waals surface area contributed by atoms with Crippen LogP contribution < -0.4 is 5.14 Å². The average Bonchev–Trinajstić information content (AvgIpc) is 3.13. The molecule has 0 spiro atoms. The SMILES string of the molecule is NS(=O)(=O)c1ccc(-c2oc(Cc3ccccc3)nc2-c2ccccc2)cc1. The largest absolute Gasteiger partial charge is 0.440 e. The fourth-order valence-electron chi connectivity index (χ4n) is 2.99. The summed E-state index contributed by atoms with van der Waals surface area (Å²) in [5, 5.41) is 5.19. The van der Waals surface area contributed by atoms with Crippen LogP contribution in [0.4, 0.5) is 0 Å². The molecule has 0 amide bonds. The van der Waals surface area contributed by atoms with Gasteiger partial charge in [-0.15, -0.1) is 0 Å². The zero-order valence-corrected chi connectivity index (χ0v) is 15.8. The minimum atomic E-state index is -3.75. The number of hydrogen-bond acceptors (Lipinski definition) is 4. The molecule has 4 rings (SSSR count). The van der Waals surface area contributed by atoms with Gasteiger partial charge in [0.1, 0.15) is 5.69 Å². The minimum absolute atomic E-state index is 0.0570. The number of benzene rings is 3. The van der Waals surface area contributed by atoms with Gasteiger partial charge >= 0.3 is 0 Å². The average molecular weight is 390 g/mol. The molecule has 5 nitrogen and oxygen atoms in total. The summed E-state index contributed by atoms with van der Waals surface area (Å²) in [7, 11) is -3.75. The molecule has 0 aliphatic rings. The first-order valence-electron chi connectivity index (χ1n) is 8.73. The van der Waals surface area contributed by atoms with Crippen molar-refractivity contribution in [2.24, 2.45) is 5.14 Å². The number of nitrogens with two attached hydrogens (primary N) is 1. The Morgan fingerprint density at radius 1 is 0.786 bits per heavy atom. The molecular weight excluding hydrogens is 372 g/mol. The quantitative estimate of drug-likeness (QED) is 0.552. The fourth-order valence-corrected chi connectivity index (χ4v) is 3.51. The summed E-state index contributed by atoms with van der Waals surface area (Å²) in [6.07, 6.45) is 0.565. The highest BCUT2D eigenvalue weighted by atomic mass is 32.2. The van der Waals surface area contributed by atoms with Gasteiger partial charge in [0.2, 0.25) is 10.0 Å². The number of primary sulfonamides is 1. The Hall–Kier alpha value is -3.22. The predicted molar refractivity (Wildman–Crippen MR) is 108 cm³/mol. The Morgan fingerprint density at radius 3 is 2.00 bits per heavy atom. The lowest BCUT2D eigenvalue weighted by Gasteiger charge is -2.03. The maximum atomic E-state index is 11.5. The molecule has 0 bridgehead atoms. The van der Waals surface area contributed by atoms with Crippen molar-refractivity contribution in [3.63, 3.8) is 0 Å². The second-order valence-corrected chi connectivity index (χ2v) is 7.94. The van der Waals surface area contributed by atoms with Gasteiger partial charge < -0.3 is 4.42 Å². The third-order valence-electron chi connectivity index (χ3n) is 4.36. The summed E-state index contributed by atoms with van der Waals surface area (Å²) in [6, 6.07) is 26.0. The lowest BCUT2D eigenvalue weighted by atomic mass is 10.1. The molecule has 4 aromatic rings. The molecule has 28 heavy (non-hydrogen) atoms. The van der Waals surface area contributed by atoms with Crippen molar-refractivity contribution in [2.75, 3.05) is 0 Å². The maximum Gasteiger partial charge on any atom is 0.238 e. The Morgan fingerprint density at radius 2 is 1.39 bits per heavy atom. The number of sulfonamides is 1. The first-order chi connectivity index (χ1) is 13.5. The van der Waals surface area contributed by atoms with E-state index in [2.05, 4.69) is 0 Å². The molecule has 0 fully saturated rings. The molecule has 0 saturated carbocycles. The number of oxazole rings is 1. The smallest absolute Gasteiger partial charge is 0.238 e. The Bertz CT molecular complexity index is 1180. The van der Waals surface area contributed by atoms with Crippen molar-refractivity contribution in [3.8, 4) is 22.6 Å². The molecule has 1 aromatic heterocycles. The van der Waals surface area contributed by atoms with Crippen LogP contribution in [0.15, 0.2) is 94.2 Å². The van der Waals surface area contributed by atoms with E-state index in [1.807, 2.05) is 60.7 Å². The zero-order valence-electron chi connectivity index (χ0n) is 14.9. The van der Waals surface area contributed by atoms with E-state index >= 15 is 0 Å². The molecule has 0 saturated heterocycles. The van der Waals surface area contributed by atoms with E-state index in [0.29, 0.717) is 18.1 Å². The molecule has 0 atom stereocenters. The van der Waals surface area contributed by atoms with E-state index in [1.165, 1.54) is 12.1 Å². The summed E-state index contributed by atoms with van der Waals surface area (Å²) in [6.45, 7) is 0. The van der Waals surface area contributed by atoms with Gasteiger partial charge in [0.25, 0.3) is 0 Å². The molecule has 1 heterocycles. The summed E-state index contributed by atoms with van der Waals surface area (Å²) >= 11 is 0. The second-order valence-electron chi connectivity index (χ2n) is 6.38. The summed E-state index contributed by atoms with van der Waals surface area (Å²) < 4.78 is 29.1.